The van der Waals surface area contributed by atoms with Gasteiger partial charge < -0.3 is 16.4 Å². The second kappa shape index (κ2) is 8.71. The van der Waals surface area contributed by atoms with Gasteiger partial charge in [0.05, 0.1) is 12.2 Å². The standard InChI is InChI=1S/C14H18N4O3.Na.H2O4S.H/c1-14(2,3)21-13(20)18-7-9(6-15-18)10-4-5-17-8-11(10)16-12(17)19;;1-5(2,3)4;/h4,6-7,11H,5,8H2,1-3H3,(H,16,19);;(H2,1,2,3,4);/q;+1;;-1. The van der Waals surface area contributed by atoms with Crippen molar-refractivity contribution in [3.05, 3.63) is 24.0 Å². The van der Waals surface area contributed by atoms with E-state index in [-0.39, 0.29) is 43.1 Å². The van der Waals surface area contributed by atoms with Crippen molar-refractivity contribution in [3.63, 3.8) is 0 Å². The quantitative estimate of drug-likeness (QED) is 0.351. The molecule has 3 rings (SSSR count). The number of hydrogen-bond acceptors (Lipinski definition) is 6. The fourth-order valence-electron chi connectivity index (χ4n) is 2.47. The molecule has 2 aliphatic heterocycles. The summed E-state index contributed by atoms with van der Waals surface area (Å²) in [4.78, 5) is 25.3. The first-order valence-corrected chi connectivity index (χ1v) is 8.97. The predicted molar refractivity (Wildman–Crippen MR) is 91.0 cm³/mol. The van der Waals surface area contributed by atoms with Crippen LogP contribution in [0.15, 0.2) is 18.5 Å². The van der Waals surface area contributed by atoms with Crippen LogP contribution in [-0.2, 0) is 15.1 Å². The van der Waals surface area contributed by atoms with Crippen LogP contribution in [0.2, 0.25) is 0 Å². The Balaban J connectivity index is 0.000000934. The second-order valence-corrected chi connectivity index (χ2v) is 7.56. The maximum absolute atomic E-state index is 11.9. The summed E-state index contributed by atoms with van der Waals surface area (Å²) in [6.07, 6.45) is 4.74. The molecule has 0 radical (unpaired) electrons. The fourth-order valence-corrected chi connectivity index (χ4v) is 2.47. The maximum Gasteiger partial charge on any atom is 1.00 e. The summed E-state index contributed by atoms with van der Waals surface area (Å²) in [7, 11) is -4.67. The number of hydrogen-bond donors (Lipinski definition) is 3. The third-order valence-electron chi connectivity index (χ3n) is 3.39. The topological polar surface area (TPSA) is 151 Å². The van der Waals surface area contributed by atoms with E-state index in [1.165, 1.54) is 4.68 Å². The summed E-state index contributed by atoms with van der Waals surface area (Å²) in [5.41, 5.74) is 1.26. The minimum Gasteiger partial charge on any atom is -1.00 e. The van der Waals surface area contributed by atoms with Crippen LogP contribution >= 0.6 is 0 Å². The van der Waals surface area contributed by atoms with Gasteiger partial charge in [-0.25, -0.2) is 9.59 Å². The van der Waals surface area contributed by atoms with Gasteiger partial charge in [0, 0.05) is 24.8 Å². The number of nitrogens with zero attached hydrogens (tertiary/aromatic N) is 3. The monoisotopic (exact) mass is 412 g/mol. The number of carbonyl (C=O) groups excluding carboxylic acids is 2. The number of ether oxygens (including phenoxy) is 1. The van der Waals surface area contributed by atoms with Crippen molar-refractivity contribution >= 4 is 28.1 Å². The van der Waals surface area contributed by atoms with E-state index in [1.54, 1.807) is 17.3 Å². The number of amides is 2. The molecule has 1 aromatic heterocycles. The normalized spacial score (nSPS) is 18.6. The molecule has 1 atom stereocenters. The summed E-state index contributed by atoms with van der Waals surface area (Å²) < 4.78 is 38.0. The van der Waals surface area contributed by atoms with E-state index in [0.29, 0.717) is 13.1 Å². The zero-order valence-corrected chi connectivity index (χ0v) is 18.2. The van der Waals surface area contributed by atoms with Crippen LogP contribution in [0, 0.1) is 0 Å². The molecular weight excluding hydrogens is 391 g/mol. The minimum atomic E-state index is -4.67. The van der Waals surface area contributed by atoms with Gasteiger partial charge in [0.15, 0.2) is 0 Å². The zero-order chi connectivity index (χ0) is 19.7. The van der Waals surface area contributed by atoms with Crippen LogP contribution in [0.5, 0.6) is 0 Å². The van der Waals surface area contributed by atoms with Gasteiger partial charge in [-0.05, 0) is 26.3 Å². The van der Waals surface area contributed by atoms with Crippen LogP contribution in [-0.4, -0.2) is 69.1 Å². The smallest absolute Gasteiger partial charge is 1.00 e. The van der Waals surface area contributed by atoms with Crippen LogP contribution < -0.4 is 34.9 Å². The van der Waals surface area contributed by atoms with Gasteiger partial charge in [-0.2, -0.15) is 18.2 Å². The number of fused-ring (bicyclic) bond motifs is 2. The van der Waals surface area contributed by atoms with E-state index in [2.05, 4.69) is 10.4 Å². The molecule has 1 aromatic rings. The molecule has 1 saturated heterocycles. The largest absolute Gasteiger partial charge is 1.00 e. The van der Waals surface area contributed by atoms with Crippen molar-refractivity contribution in [2.45, 2.75) is 32.4 Å². The molecule has 11 nitrogen and oxygen atoms in total. The van der Waals surface area contributed by atoms with Crippen LogP contribution in [0.3, 0.4) is 0 Å². The molecule has 3 N–H and O–H groups in total. The van der Waals surface area contributed by atoms with Crippen molar-refractivity contribution in [2.75, 3.05) is 13.1 Å². The average molecular weight is 412 g/mol. The number of rotatable bonds is 1. The minimum absolute atomic E-state index is 0. The zero-order valence-electron chi connectivity index (χ0n) is 16.4. The summed E-state index contributed by atoms with van der Waals surface area (Å²) in [5.74, 6) is 0. The molecule has 2 amide bonds. The van der Waals surface area contributed by atoms with Crippen LogP contribution in [0.1, 0.15) is 27.8 Å². The van der Waals surface area contributed by atoms with Gasteiger partial charge in [0.2, 0.25) is 0 Å². The van der Waals surface area contributed by atoms with Gasteiger partial charge >= 0.3 is 52.1 Å². The Morgan fingerprint density at radius 1 is 1.41 bits per heavy atom. The SMILES string of the molecule is CC(C)(C)OC(=O)n1cc(C2=CCN3CC2NC3=O)cn1.O=S(=O)(O)O.[H-].[Na+]. The first kappa shape index (κ1) is 23.6. The Labute approximate surface area is 180 Å². The van der Waals surface area contributed by atoms with E-state index in [1.807, 2.05) is 26.8 Å². The predicted octanol–water partition coefficient (Wildman–Crippen LogP) is -2.08. The Morgan fingerprint density at radius 2 is 2.00 bits per heavy atom. The maximum atomic E-state index is 11.9. The van der Waals surface area contributed by atoms with Gasteiger partial charge in [-0.3, -0.25) is 9.11 Å². The van der Waals surface area contributed by atoms with Gasteiger partial charge in [0.1, 0.15) is 5.60 Å². The molecular formula is C14H21N4NaO7S. The summed E-state index contributed by atoms with van der Waals surface area (Å²) in [6, 6.07) is -0.0895. The van der Waals surface area contributed by atoms with Crippen molar-refractivity contribution in [3.8, 4) is 0 Å². The molecule has 13 heteroatoms. The molecule has 0 saturated carbocycles. The van der Waals surface area contributed by atoms with Crippen molar-refractivity contribution in [2.24, 2.45) is 0 Å². The van der Waals surface area contributed by atoms with Crippen molar-refractivity contribution in [1.29, 1.82) is 0 Å². The molecule has 2 aliphatic rings. The summed E-state index contributed by atoms with van der Waals surface area (Å²) in [6.45, 7) is 6.66. The van der Waals surface area contributed by atoms with Crippen molar-refractivity contribution in [1.82, 2.24) is 20.0 Å². The number of carbonyl (C=O) groups is 2. The third-order valence-corrected chi connectivity index (χ3v) is 3.39. The Morgan fingerprint density at radius 3 is 2.56 bits per heavy atom. The van der Waals surface area contributed by atoms with E-state index in [4.69, 9.17) is 22.3 Å². The van der Waals surface area contributed by atoms with Gasteiger partial charge in [-0.1, -0.05) is 6.08 Å². The summed E-state index contributed by atoms with van der Waals surface area (Å²) in [5, 5.41) is 6.96. The average Bonchev–Trinajstić information content (AvgIpc) is 3.02. The second-order valence-electron chi connectivity index (χ2n) is 6.67. The number of aromatic nitrogens is 2. The molecule has 0 aromatic carbocycles. The van der Waals surface area contributed by atoms with Crippen molar-refractivity contribution < 1.29 is 62.8 Å². The van der Waals surface area contributed by atoms with Crippen LogP contribution in [0.4, 0.5) is 9.59 Å². The van der Waals surface area contributed by atoms with Crippen LogP contribution in [0.25, 0.3) is 5.57 Å². The van der Waals surface area contributed by atoms with E-state index in [0.717, 1.165) is 11.1 Å². The Bertz CT molecular complexity index is 842. The molecule has 3 heterocycles. The van der Waals surface area contributed by atoms with Gasteiger partial charge in [0.25, 0.3) is 0 Å². The number of nitrogens with one attached hydrogen (secondary N) is 1. The molecule has 0 spiro atoms. The van der Waals surface area contributed by atoms with Gasteiger partial charge in [-0.15, -0.1) is 0 Å². The molecule has 0 aliphatic carbocycles. The Hall–Kier alpha value is -1.44. The molecule has 1 fully saturated rings. The first-order chi connectivity index (χ1) is 11.8. The molecule has 27 heavy (non-hydrogen) atoms. The Kier molecular flexibility index (Phi) is 7.61. The molecule has 1 unspecified atom stereocenters. The number of urea groups is 1. The molecule has 2 bridgehead atoms. The first-order valence-electron chi connectivity index (χ1n) is 7.57. The van der Waals surface area contributed by atoms with E-state index in [9.17, 15) is 9.59 Å². The fraction of sp³-hybridized carbons (Fsp3) is 0.500. The summed E-state index contributed by atoms with van der Waals surface area (Å²) >= 11 is 0. The van der Waals surface area contributed by atoms with E-state index >= 15 is 0 Å². The van der Waals surface area contributed by atoms with E-state index < -0.39 is 22.1 Å². The molecule has 146 valence electrons. The third kappa shape index (κ3) is 7.24.